The van der Waals surface area contributed by atoms with Gasteiger partial charge in [-0.2, -0.15) is 0 Å². The van der Waals surface area contributed by atoms with Crippen molar-refractivity contribution >= 4 is 34.7 Å². The van der Waals surface area contributed by atoms with E-state index in [2.05, 4.69) is 4.90 Å². The number of rotatable bonds is 11. The molecule has 5 rings (SSSR count). The van der Waals surface area contributed by atoms with Crippen LogP contribution in [0.1, 0.15) is 70.6 Å². The van der Waals surface area contributed by atoms with Crippen LogP contribution in [-0.4, -0.2) is 83.8 Å². The third-order valence-corrected chi connectivity index (χ3v) is 9.92. The van der Waals surface area contributed by atoms with E-state index in [4.69, 9.17) is 36.8 Å². The first kappa shape index (κ1) is 33.2. The van der Waals surface area contributed by atoms with E-state index in [1.165, 1.54) is 6.92 Å². The predicted octanol–water partition coefficient (Wildman–Crippen LogP) is 4.78. The Kier molecular flexibility index (Phi) is 10.1. The van der Waals surface area contributed by atoms with Gasteiger partial charge in [-0.25, -0.2) is 9.97 Å². The SMILES string of the molecule is CCC[C@@H](O)COc1ccc(Cl)c(-c2nc(C(C(C)=O)=C(C)N)c(C)c(N3CC4(CCC(C(=O)N5CC(OC)C5)CC4)C3)n2)c1. The molecule has 3 aliphatic rings. The number of likely N-dealkylation sites (tertiary alicyclic amines) is 1. The normalized spacial score (nSPS) is 19.5. The van der Waals surface area contributed by atoms with Crippen LogP contribution in [0.4, 0.5) is 5.82 Å². The summed E-state index contributed by atoms with van der Waals surface area (Å²) in [5.41, 5.74) is 8.94. The Hall–Kier alpha value is -3.21. The second kappa shape index (κ2) is 13.6. The smallest absolute Gasteiger partial charge is 0.225 e. The van der Waals surface area contributed by atoms with E-state index in [1.807, 2.05) is 18.7 Å². The number of allylic oxidation sites excluding steroid dienone is 2. The molecule has 3 N–H and O–H groups in total. The molecule has 1 amide bonds. The Morgan fingerprint density at radius 3 is 2.47 bits per heavy atom. The standard InChI is InChI=1S/C34H46ClN5O5/c1-6-7-24(42)17-45-25-8-9-28(35)27(14-25)31-37-30(29(21(3)36)22(4)41)20(2)32(38-31)40-18-34(19-40)12-10-23(11-13-34)33(43)39-15-26(16-39)44-5/h8-9,14,23-24,26,42H,6-7,10-13,15-19,36H2,1-5H3/t24-/m1/s1. The van der Waals surface area contributed by atoms with Crippen molar-refractivity contribution < 1.29 is 24.2 Å². The number of Topliss-reactive ketones (excluding diaryl/α,β-unsaturated/α-hetero) is 1. The molecule has 1 aromatic carbocycles. The maximum atomic E-state index is 13.0. The summed E-state index contributed by atoms with van der Waals surface area (Å²) in [5.74, 6) is 1.82. The Morgan fingerprint density at radius 1 is 1.18 bits per heavy atom. The number of nitrogens with two attached hydrogens (primary N) is 1. The lowest BCUT2D eigenvalue weighted by molar-refractivity contribution is -0.149. The number of hydrogen-bond acceptors (Lipinski definition) is 9. The number of carbonyl (C=O) groups is 2. The first-order valence-corrected chi connectivity index (χ1v) is 16.4. The second-order valence-corrected chi connectivity index (χ2v) is 13.5. The van der Waals surface area contributed by atoms with Crippen molar-refractivity contribution in [2.75, 3.05) is 44.8 Å². The Bertz CT molecular complexity index is 1450. The summed E-state index contributed by atoms with van der Waals surface area (Å²) in [4.78, 5) is 39.8. The van der Waals surface area contributed by atoms with Crippen molar-refractivity contribution in [3.05, 3.63) is 40.2 Å². The number of ether oxygens (including phenoxy) is 2. The van der Waals surface area contributed by atoms with Crippen LogP contribution in [0, 0.1) is 18.3 Å². The molecule has 2 saturated heterocycles. The van der Waals surface area contributed by atoms with Gasteiger partial charge in [-0.05, 0) is 71.1 Å². The van der Waals surface area contributed by atoms with Crippen LogP contribution in [0.5, 0.6) is 5.75 Å². The van der Waals surface area contributed by atoms with Crippen molar-refractivity contribution in [1.29, 1.82) is 0 Å². The molecular weight excluding hydrogens is 594 g/mol. The highest BCUT2D eigenvalue weighted by molar-refractivity contribution is 6.33. The molecule has 2 aromatic rings. The minimum atomic E-state index is -0.565. The van der Waals surface area contributed by atoms with Crippen molar-refractivity contribution in [1.82, 2.24) is 14.9 Å². The fourth-order valence-electron chi connectivity index (χ4n) is 6.91. The molecule has 1 atom stereocenters. The lowest BCUT2D eigenvalue weighted by Gasteiger charge is -2.54. The molecule has 244 valence electrons. The Morgan fingerprint density at radius 2 is 1.87 bits per heavy atom. The summed E-state index contributed by atoms with van der Waals surface area (Å²) in [5, 5.41) is 10.6. The van der Waals surface area contributed by atoms with Crippen LogP contribution < -0.4 is 15.4 Å². The lowest BCUT2D eigenvalue weighted by atomic mass is 9.65. The molecular formula is C34H46ClN5O5. The number of aromatic nitrogens is 2. The monoisotopic (exact) mass is 639 g/mol. The average Bonchev–Trinajstić information content (AvgIpc) is 2.96. The maximum absolute atomic E-state index is 13.0. The quantitative estimate of drug-likeness (QED) is 0.334. The summed E-state index contributed by atoms with van der Waals surface area (Å²) in [7, 11) is 1.70. The predicted molar refractivity (Wildman–Crippen MR) is 175 cm³/mol. The van der Waals surface area contributed by atoms with E-state index in [1.54, 1.807) is 32.2 Å². The zero-order valence-electron chi connectivity index (χ0n) is 27.1. The summed E-state index contributed by atoms with van der Waals surface area (Å²) < 4.78 is 11.2. The Balaban J connectivity index is 1.39. The number of benzene rings is 1. The van der Waals surface area contributed by atoms with Gasteiger partial charge in [-0.1, -0.05) is 24.9 Å². The second-order valence-electron chi connectivity index (χ2n) is 13.1. The molecule has 1 aromatic heterocycles. The molecule has 45 heavy (non-hydrogen) atoms. The third-order valence-electron chi connectivity index (χ3n) is 9.59. The number of anilines is 1. The number of amides is 1. The van der Waals surface area contributed by atoms with E-state index in [0.29, 0.717) is 58.6 Å². The average molecular weight is 640 g/mol. The molecule has 1 aliphatic carbocycles. The number of aliphatic hydroxyl groups is 1. The van der Waals surface area contributed by atoms with E-state index in [0.717, 1.165) is 56.6 Å². The maximum Gasteiger partial charge on any atom is 0.225 e. The van der Waals surface area contributed by atoms with Crippen molar-refractivity contribution in [3.8, 4) is 17.1 Å². The van der Waals surface area contributed by atoms with Crippen LogP contribution in [0.3, 0.4) is 0 Å². The Labute approximate surface area is 270 Å². The van der Waals surface area contributed by atoms with Gasteiger partial charge >= 0.3 is 0 Å². The number of nitrogens with zero attached hydrogens (tertiary/aromatic N) is 4. The number of aliphatic hydroxyl groups excluding tert-OH is 1. The summed E-state index contributed by atoms with van der Waals surface area (Å²) >= 11 is 6.69. The van der Waals surface area contributed by atoms with E-state index < -0.39 is 6.10 Å². The molecule has 1 saturated carbocycles. The third kappa shape index (κ3) is 6.98. The molecule has 0 radical (unpaired) electrons. The van der Waals surface area contributed by atoms with Gasteiger partial charge in [0.05, 0.1) is 28.5 Å². The zero-order chi connectivity index (χ0) is 32.5. The number of carbonyl (C=O) groups excluding carboxylic acids is 2. The number of halogens is 1. The van der Waals surface area contributed by atoms with Gasteiger partial charge in [0.15, 0.2) is 11.6 Å². The first-order chi connectivity index (χ1) is 21.4. The molecule has 0 bridgehead atoms. The summed E-state index contributed by atoms with van der Waals surface area (Å²) in [6.45, 7) is 10.3. The van der Waals surface area contributed by atoms with Crippen LogP contribution in [0.2, 0.25) is 5.02 Å². The topological polar surface area (TPSA) is 131 Å². The summed E-state index contributed by atoms with van der Waals surface area (Å²) in [6.07, 6.45) is 4.86. The van der Waals surface area contributed by atoms with Gasteiger partial charge in [0, 0.05) is 61.4 Å². The highest BCUT2D eigenvalue weighted by Gasteiger charge is 2.48. The number of hydrogen-bond donors (Lipinski definition) is 2. The van der Waals surface area contributed by atoms with Crippen molar-refractivity contribution in [3.63, 3.8) is 0 Å². The highest BCUT2D eigenvalue weighted by atomic mass is 35.5. The summed E-state index contributed by atoms with van der Waals surface area (Å²) in [6, 6.07) is 5.25. The molecule has 10 nitrogen and oxygen atoms in total. The van der Waals surface area contributed by atoms with Crippen LogP contribution in [-0.2, 0) is 14.3 Å². The zero-order valence-corrected chi connectivity index (χ0v) is 27.8. The first-order valence-electron chi connectivity index (χ1n) is 16.0. The van der Waals surface area contributed by atoms with Gasteiger partial charge in [0.2, 0.25) is 5.91 Å². The molecule has 0 unspecified atom stereocenters. The fraction of sp³-hybridized carbons (Fsp3) is 0.588. The van der Waals surface area contributed by atoms with Gasteiger partial charge < -0.3 is 30.1 Å². The van der Waals surface area contributed by atoms with E-state index >= 15 is 0 Å². The van der Waals surface area contributed by atoms with E-state index in [9.17, 15) is 14.7 Å². The number of methoxy groups -OCH3 is 1. The molecule has 2 aliphatic heterocycles. The molecule has 3 heterocycles. The van der Waals surface area contributed by atoms with Crippen molar-refractivity contribution in [2.45, 2.75) is 78.4 Å². The molecule has 1 spiro atoms. The lowest BCUT2D eigenvalue weighted by Crippen LogP contribution is -2.60. The molecule has 3 fully saturated rings. The highest BCUT2D eigenvalue weighted by Crippen LogP contribution is 2.48. The van der Waals surface area contributed by atoms with Crippen LogP contribution >= 0.6 is 11.6 Å². The largest absolute Gasteiger partial charge is 0.491 e. The van der Waals surface area contributed by atoms with Gasteiger partial charge in [0.1, 0.15) is 18.2 Å². The minimum absolute atomic E-state index is 0.0805. The van der Waals surface area contributed by atoms with Gasteiger partial charge in [0.25, 0.3) is 0 Å². The van der Waals surface area contributed by atoms with E-state index in [-0.39, 0.29) is 35.7 Å². The van der Waals surface area contributed by atoms with Crippen LogP contribution in [0.25, 0.3) is 17.0 Å². The molecule has 11 heteroatoms. The van der Waals surface area contributed by atoms with Crippen molar-refractivity contribution in [2.24, 2.45) is 17.1 Å². The number of ketones is 1. The minimum Gasteiger partial charge on any atom is -0.491 e. The van der Waals surface area contributed by atoms with Gasteiger partial charge in [-0.15, -0.1) is 0 Å². The fourth-order valence-corrected chi connectivity index (χ4v) is 7.12. The van der Waals surface area contributed by atoms with Crippen LogP contribution in [0.15, 0.2) is 23.9 Å². The van der Waals surface area contributed by atoms with Gasteiger partial charge in [-0.3, -0.25) is 9.59 Å².